The molecule has 2 rings (SSSR count). The van der Waals surface area contributed by atoms with Crippen molar-refractivity contribution in [3.8, 4) is 0 Å². The van der Waals surface area contributed by atoms with Gasteiger partial charge < -0.3 is 5.73 Å². The Labute approximate surface area is 120 Å². The standard InChI is InChI=1S/C13H13BrClN3/c14-10-5-1-3-9(7-10)4-2-6-11-12(15)17-8-18-13(11)16/h1,3,5,7-8H,2,4,6H2,(H2,16,17,18). The second-order valence-corrected chi connectivity index (χ2v) is 5.29. The fraction of sp³-hybridized carbons (Fsp3) is 0.231. The molecule has 0 fully saturated rings. The Morgan fingerprint density at radius 2 is 2.06 bits per heavy atom. The fourth-order valence-electron chi connectivity index (χ4n) is 1.80. The van der Waals surface area contributed by atoms with Gasteiger partial charge in [0.15, 0.2) is 0 Å². The Morgan fingerprint density at radius 3 is 2.78 bits per heavy atom. The van der Waals surface area contributed by atoms with Crippen molar-refractivity contribution in [3.63, 3.8) is 0 Å². The zero-order valence-electron chi connectivity index (χ0n) is 9.74. The van der Waals surface area contributed by atoms with Crippen molar-refractivity contribution in [1.29, 1.82) is 0 Å². The van der Waals surface area contributed by atoms with E-state index in [2.05, 4.69) is 38.0 Å². The van der Waals surface area contributed by atoms with E-state index >= 15 is 0 Å². The Morgan fingerprint density at radius 1 is 1.22 bits per heavy atom. The summed E-state index contributed by atoms with van der Waals surface area (Å²) in [5, 5.41) is 0.455. The third-order valence-corrected chi connectivity index (χ3v) is 3.53. The number of nitrogens with zero attached hydrogens (tertiary/aromatic N) is 2. The van der Waals surface area contributed by atoms with Crippen molar-refractivity contribution >= 4 is 33.3 Å². The topological polar surface area (TPSA) is 51.8 Å². The van der Waals surface area contributed by atoms with Crippen molar-refractivity contribution < 1.29 is 0 Å². The second-order valence-electron chi connectivity index (χ2n) is 4.01. The maximum atomic E-state index is 6.00. The predicted molar refractivity (Wildman–Crippen MR) is 77.6 cm³/mol. The van der Waals surface area contributed by atoms with Gasteiger partial charge in [-0.15, -0.1) is 0 Å². The average molecular weight is 327 g/mol. The van der Waals surface area contributed by atoms with Gasteiger partial charge in [0, 0.05) is 10.0 Å². The van der Waals surface area contributed by atoms with Gasteiger partial charge in [-0.25, -0.2) is 9.97 Å². The van der Waals surface area contributed by atoms with Crippen LogP contribution in [0.15, 0.2) is 35.1 Å². The lowest BCUT2D eigenvalue weighted by Gasteiger charge is -2.06. The lowest BCUT2D eigenvalue weighted by molar-refractivity contribution is 0.814. The molecule has 18 heavy (non-hydrogen) atoms. The van der Waals surface area contributed by atoms with Crippen LogP contribution in [0.2, 0.25) is 5.15 Å². The van der Waals surface area contributed by atoms with Crippen LogP contribution in [0.1, 0.15) is 17.5 Å². The Balaban J connectivity index is 1.97. The van der Waals surface area contributed by atoms with E-state index in [1.807, 2.05) is 12.1 Å². The van der Waals surface area contributed by atoms with Crippen LogP contribution in [0.5, 0.6) is 0 Å². The van der Waals surface area contributed by atoms with E-state index in [1.54, 1.807) is 0 Å². The summed E-state index contributed by atoms with van der Waals surface area (Å²) in [4.78, 5) is 7.90. The van der Waals surface area contributed by atoms with E-state index in [0.29, 0.717) is 11.0 Å². The number of nitrogen functional groups attached to an aromatic ring is 1. The lowest BCUT2D eigenvalue weighted by atomic mass is 10.1. The van der Waals surface area contributed by atoms with Gasteiger partial charge >= 0.3 is 0 Å². The van der Waals surface area contributed by atoms with E-state index in [0.717, 1.165) is 29.3 Å². The highest BCUT2D eigenvalue weighted by molar-refractivity contribution is 9.10. The van der Waals surface area contributed by atoms with Gasteiger partial charge in [0.2, 0.25) is 0 Å². The number of aryl methyl sites for hydroxylation is 1. The van der Waals surface area contributed by atoms with Gasteiger partial charge in [-0.3, -0.25) is 0 Å². The molecular formula is C13H13BrClN3. The molecule has 94 valence electrons. The molecule has 0 amide bonds. The highest BCUT2D eigenvalue weighted by atomic mass is 79.9. The monoisotopic (exact) mass is 325 g/mol. The Bertz CT molecular complexity index is 525. The van der Waals surface area contributed by atoms with Gasteiger partial charge in [-0.05, 0) is 37.0 Å². The minimum absolute atomic E-state index is 0.455. The van der Waals surface area contributed by atoms with Gasteiger partial charge in [0.1, 0.15) is 17.3 Å². The van der Waals surface area contributed by atoms with E-state index in [4.69, 9.17) is 17.3 Å². The second kappa shape index (κ2) is 6.16. The Kier molecular flexibility index (Phi) is 4.55. The minimum Gasteiger partial charge on any atom is -0.383 e. The van der Waals surface area contributed by atoms with E-state index in [-0.39, 0.29) is 0 Å². The fourth-order valence-corrected chi connectivity index (χ4v) is 2.48. The highest BCUT2D eigenvalue weighted by Gasteiger charge is 2.06. The summed E-state index contributed by atoms with van der Waals surface area (Å²) in [6.45, 7) is 0. The summed E-state index contributed by atoms with van der Waals surface area (Å²) < 4.78 is 1.10. The summed E-state index contributed by atoms with van der Waals surface area (Å²) >= 11 is 9.46. The molecule has 0 saturated carbocycles. The first kappa shape index (κ1) is 13.3. The molecule has 0 unspecified atom stereocenters. The van der Waals surface area contributed by atoms with Crippen molar-refractivity contribution in [2.75, 3.05) is 5.73 Å². The number of benzene rings is 1. The molecule has 1 aromatic heterocycles. The van der Waals surface area contributed by atoms with Gasteiger partial charge in [-0.2, -0.15) is 0 Å². The number of rotatable bonds is 4. The predicted octanol–water partition coefficient (Wildman–Crippen LogP) is 3.65. The minimum atomic E-state index is 0.455. The van der Waals surface area contributed by atoms with Crippen LogP contribution in [0.3, 0.4) is 0 Å². The number of hydrogen-bond acceptors (Lipinski definition) is 3. The number of aromatic nitrogens is 2. The smallest absolute Gasteiger partial charge is 0.137 e. The third kappa shape index (κ3) is 3.43. The summed E-state index contributed by atoms with van der Waals surface area (Å²) in [6.07, 6.45) is 4.12. The van der Waals surface area contributed by atoms with Crippen LogP contribution < -0.4 is 5.73 Å². The molecular weight excluding hydrogens is 314 g/mol. The quantitative estimate of drug-likeness (QED) is 0.873. The van der Waals surface area contributed by atoms with Gasteiger partial charge in [0.25, 0.3) is 0 Å². The van der Waals surface area contributed by atoms with E-state index in [9.17, 15) is 0 Å². The summed E-state index contributed by atoms with van der Waals surface area (Å²) in [5.74, 6) is 0.476. The molecule has 0 bridgehead atoms. The highest BCUT2D eigenvalue weighted by Crippen LogP contribution is 2.20. The zero-order valence-corrected chi connectivity index (χ0v) is 12.1. The largest absolute Gasteiger partial charge is 0.383 e. The molecule has 2 aromatic rings. The molecule has 2 N–H and O–H groups in total. The van der Waals surface area contributed by atoms with E-state index < -0.39 is 0 Å². The van der Waals surface area contributed by atoms with Crippen molar-refractivity contribution in [2.24, 2.45) is 0 Å². The maximum absolute atomic E-state index is 6.00. The van der Waals surface area contributed by atoms with Crippen LogP contribution in [0, 0.1) is 0 Å². The van der Waals surface area contributed by atoms with Crippen LogP contribution in [0.4, 0.5) is 5.82 Å². The summed E-state index contributed by atoms with van der Waals surface area (Å²) in [5.41, 5.74) is 7.91. The van der Waals surface area contributed by atoms with Gasteiger partial charge in [-0.1, -0.05) is 39.7 Å². The van der Waals surface area contributed by atoms with Crippen LogP contribution >= 0.6 is 27.5 Å². The zero-order chi connectivity index (χ0) is 13.0. The number of hydrogen-bond donors (Lipinski definition) is 1. The Hall–Kier alpha value is -1.13. The first-order valence-corrected chi connectivity index (χ1v) is 6.83. The molecule has 0 aliphatic heterocycles. The molecule has 0 radical (unpaired) electrons. The van der Waals surface area contributed by atoms with Crippen molar-refractivity contribution in [1.82, 2.24) is 9.97 Å². The molecule has 0 atom stereocenters. The average Bonchev–Trinajstić information content (AvgIpc) is 2.33. The number of anilines is 1. The van der Waals surface area contributed by atoms with E-state index in [1.165, 1.54) is 11.9 Å². The number of halogens is 2. The molecule has 0 spiro atoms. The molecule has 0 aliphatic carbocycles. The lowest BCUT2D eigenvalue weighted by Crippen LogP contribution is -2.01. The maximum Gasteiger partial charge on any atom is 0.137 e. The number of nitrogens with two attached hydrogens (primary N) is 1. The van der Waals surface area contributed by atoms with Crippen molar-refractivity contribution in [3.05, 3.63) is 51.3 Å². The van der Waals surface area contributed by atoms with Crippen molar-refractivity contribution in [2.45, 2.75) is 19.3 Å². The molecule has 0 aliphatic rings. The van der Waals surface area contributed by atoms with Crippen LogP contribution in [-0.4, -0.2) is 9.97 Å². The first-order valence-electron chi connectivity index (χ1n) is 5.66. The summed E-state index contributed by atoms with van der Waals surface area (Å²) in [7, 11) is 0. The third-order valence-electron chi connectivity index (χ3n) is 2.71. The normalized spacial score (nSPS) is 10.6. The first-order chi connectivity index (χ1) is 8.66. The van der Waals surface area contributed by atoms with Crippen LogP contribution in [0.25, 0.3) is 0 Å². The molecule has 0 saturated heterocycles. The van der Waals surface area contributed by atoms with Gasteiger partial charge in [0.05, 0.1) is 0 Å². The summed E-state index contributed by atoms with van der Waals surface area (Å²) in [6, 6.07) is 8.28. The SMILES string of the molecule is Nc1ncnc(Cl)c1CCCc1cccc(Br)c1. The molecule has 5 heteroatoms. The molecule has 1 aromatic carbocycles. The van der Waals surface area contributed by atoms with Crippen LogP contribution in [-0.2, 0) is 12.8 Å². The molecule has 1 heterocycles. The molecule has 3 nitrogen and oxygen atoms in total.